The van der Waals surface area contributed by atoms with Crippen molar-refractivity contribution < 1.29 is 9.53 Å². The van der Waals surface area contributed by atoms with Crippen molar-refractivity contribution in [2.24, 2.45) is 46.3 Å². The van der Waals surface area contributed by atoms with Gasteiger partial charge in [-0.15, -0.1) is 0 Å². The molecule has 0 N–H and O–H groups in total. The van der Waals surface area contributed by atoms with Gasteiger partial charge in [-0.3, -0.25) is 4.79 Å². The molecule has 2 unspecified atom stereocenters. The third kappa shape index (κ3) is 4.72. The average Bonchev–Trinajstić information content (AvgIpc) is 3.08. The average molecular weight is 443 g/mol. The van der Waals surface area contributed by atoms with Gasteiger partial charge in [-0.2, -0.15) is 0 Å². The van der Waals surface area contributed by atoms with Crippen LogP contribution in [0.2, 0.25) is 0 Å². The molecule has 2 heteroatoms. The molecule has 0 aromatic carbocycles. The molecule has 2 nitrogen and oxygen atoms in total. The number of hydrogen-bond donors (Lipinski definition) is 0. The summed E-state index contributed by atoms with van der Waals surface area (Å²) >= 11 is 0. The van der Waals surface area contributed by atoms with Crippen LogP contribution in [0.4, 0.5) is 0 Å². The Morgan fingerprint density at radius 2 is 1.88 bits per heavy atom. The van der Waals surface area contributed by atoms with Crippen molar-refractivity contribution in [2.75, 3.05) is 6.61 Å². The van der Waals surface area contributed by atoms with Crippen molar-refractivity contribution >= 4 is 5.97 Å². The number of allylic oxidation sites excluding steroid dienone is 2. The fourth-order valence-corrected chi connectivity index (χ4v) is 8.82. The second kappa shape index (κ2) is 9.83. The molecule has 0 heterocycles. The molecule has 4 aliphatic carbocycles. The molecule has 32 heavy (non-hydrogen) atoms. The first-order chi connectivity index (χ1) is 15.2. The summed E-state index contributed by atoms with van der Waals surface area (Å²) in [5, 5.41) is 0. The molecular weight excluding hydrogens is 392 g/mol. The van der Waals surface area contributed by atoms with E-state index in [4.69, 9.17) is 4.74 Å². The molecule has 3 saturated carbocycles. The van der Waals surface area contributed by atoms with E-state index in [1.807, 2.05) is 0 Å². The smallest absolute Gasteiger partial charge is 0.302 e. The third-order valence-corrected chi connectivity index (χ3v) is 10.8. The van der Waals surface area contributed by atoms with E-state index in [1.165, 1.54) is 84.0 Å². The number of esters is 1. The molecular formula is C30H50O2. The fraction of sp³-hybridized carbons (Fsp3) is 0.900. The van der Waals surface area contributed by atoms with Crippen molar-refractivity contribution in [3.63, 3.8) is 0 Å². The Morgan fingerprint density at radius 3 is 2.62 bits per heavy atom. The van der Waals surface area contributed by atoms with Gasteiger partial charge in [-0.1, -0.05) is 65.0 Å². The third-order valence-electron chi connectivity index (χ3n) is 10.8. The molecule has 7 atom stereocenters. The van der Waals surface area contributed by atoms with Gasteiger partial charge in [0.2, 0.25) is 0 Å². The van der Waals surface area contributed by atoms with Crippen LogP contribution in [0.25, 0.3) is 0 Å². The molecule has 4 rings (SSSR count). The number of ether oxygens (including phenoxy) is 1. The maximum atomic E-state index is 11.3. The van der Waals surface area contributed by atoms with Crippen LogP contribution in [0, 0.1) is 46.3 Å². The first-order valence-corrected chi connectivity index (χ1v) is 14.1. The van der Waals surface area contributed by atoms with Gasteiger partial charge in [0.15, 0.2) is 0 Å². The molecule has 0 radical (unpaired) electrons. The summed E-state index contributed by atoms with van der Waals surface area (Å²) < 4.78 is 5.38. The Hall–Kier alpha value is -0.790. The molecule has 0 aromatic rings. The second-order valence-corrected chi connectivity index (χ2v) is 13.0. The normalized spacial score (nSPS) is 40.9. The van der Waals surface area contributed by atoms with Crippen LogP contribution in [-0.2, 0) is 9.53 Å². The number of rotatable bonds is 8. The minimum absolute atomic E-state index is 0.127. The van der Waals surface area contributed by atoms with E-state index in [9.17, 15) is 4.79 Å². The highest BCUT2D eigenvalue weighted by Gasteiger charge is 2.58. The summed E-state index contributed by atoms with van der Waals surface area (Å²) in [4.78, 5) is 11.3. The largest absolute Gasteiger partial charge is 0.466 e. The SMILES string of the molecule is CC(=O)OC[C@H]1CC[C@@]2(C)C(=CC[C@@H]3C2CC[C@@]2(C)C3CC[C@@H]2CCCCCC(C)C)C1. The van der Waals surface area contributed by atoms with Gasteiger partial charge >= 0.3 is 5.97 Å². The van der Waals surface area contributed by atoms with Crippen molar-refractivity contribution in [1.82, 2.24) is 0 Å². The zero-order valence-electron chi connectivity index (χ0n) is 21.8. The van der Waals surface area contributed by atoms with Crippen LogP contribution in [0.1, 0.15) is 118 Å². The highest BCUT2D eigenvalue weighted by atomic mass is 16.5. The Kier molecular flexibility index (Phi) is 7.48. The molecule has 0 amide bonds. The molecule has 0 saturated heterocycles. The molecule has 4 aliphatic rings. The summed E-state index contributed by atoms with van der Waals surface area (Å²) in [6.45, 7) is 12.2. The topological polar surface area (TPSA) is 26.3 Å². The Balaban J connectivity index is 1.38. The van der Waals surface area contributed by atoms with E-state index < -0.39 is 0 Å². The predicted octanol–water partition coefficient (Wildman–Crippen LogP) is 8.35. The van der Waals surface area contributed by atoms with Gasteiger partial charge in [-0.05, 0) is 104 Å². The summed E-state index contributed by atoms with van der Waals surface area (Å²) in [7, 11) is 0. The molecule has 0 spiro atoms. The number of hydrogen-bond acceptors (Lipinski definition) is 2. The molecule has 0 aliphatic heterocycles. The Labute approximate surface area is 198 Å². The van der Waals surface area contributed by atoms with Crippen LogP contribution in [0.3, 0.4) is 0 Å². The van der Waals surface area contributed by atoms with Gasteiger partial charge < -0.3 is 4.74 Å². The van der Waals surface area contributed by atoms with E-state index >= 15 is 0 Å². The number of fused-ring (bicyclic) bond motifs is 5. The lowest BCUT2D eigenvalue weighted by molar-refractivity contribution is -0.142. The van der Waals surface area contributed by atoms with E-state index in [-0.39, 0.29) is 5.97 Å². The van der Waals surface area contributed by atoms with Crippen LogP contribution < -0.4 is 0 Å². The lowest BCUT2D eigenvalue weighted by Crippen LogP contribution is -2.50. The monoisotopic (exact) mass is 442 g/mol. The second-order valence-electron chi connectivity index (χ2n) is 13.0. The maximum Gasteiger partial charge on any atom is 0.302 e. The molecule has 0 bridgehead atoms. The van der Waals surface area contributed by atoms with E-state index in [0.717, 1.165) is 36.0 Å². The molecule has 182 valence electrons. The first kappa shape index (κ1) is 24.3. The molecule has 3 fully saturated rings. The predicted molar refractivity (Wildman–Crippen MR) is 133 cm³/mol. The number of unbranched alkanes of at least 4 members (excludes halogenated alkanes) is 2. The van der Waals surface area contributed by atoms with Crippen molar-refractivity contribution in [3.8, 4) is 0 Å². The minimum Gasteiger partial charge on any atom is -0.466 e. The van der Waals surface area contributed by atoms with Crippen LogP contribution >= 0.6 is 0 Å². The summed E-state index contributed by atoms with van der Waals surface area (Å²) in [5.74, 6) is 5.01. The first-order valence-electron chi connectivity index (χ1n) is 14.1. The van der Waals surface area contributed by atoms with Gasteiger partial charge in [0.05, 0.1) is 6.61 Å². The zero-order valence-corrected chi connectivity index (χ0v) is 21.8. The van der Waals surface area contributed by atoms with Crippen molar-refractivity contribution in [2.45, 2.75) is 118 Å². The van der Waals surface area contributed by atoms with Gasteiger partial charge in [0.25, 0.3) is 0 Å². The van der Waals surface area contributed by atoms with E-state index in [2.05, 4.69) is 33.8 Å². The van der Waals surface area contributed by atoms with Gasteiger partial charge in [0.1, 0.15) is 0 Å². The quantitative estimate of drug-likeness (QED) is 0.214. The highest BCUT2D eigenvalue weighted by Crippen LogP contribution is 2.67. The van der Waals surface area contributed by atoms with Crippen molar-refractivity contribution in [1.29, 1.82) is 0 Å². The van der Waals surface area contributed by atoms with E-state index in [0.29, 0.717) is 23.4 Å². The Morgan fingerprint density at radius 1 is 1.06 bits per heavy atom. The van der Waals surface area contributed by atoms with E-state index in [1.54, 1.807) is 5.57 Å². The fourth-order valence-electron chi connectivity index (χ4n) is 8.82. The lowest BCUT2D eigenvalue weighted by Gasteiger charge is -2.58. The summed E-state index contributed by atoms with van der Waals surface area (Å²) in [6.07, 6.45) is 20.8. The Bertz CT molecular complexity index is 693. The zero-order chi connectivity index (χ0) is 22.9. The maximum absolute atomic E-state index is 11.3. The van der Waals surface area contributed by atoms with Gasteiger partial charge in [-0.25, -0.2) is 0 Å². The van der Waals surface area contributed by atoms with Gasteiger partial charge in [0, 0.05) is 6.92 Å². The number of carbonyl (C=O) groups is 1. The lowest BCUT2D eigenvalue weighted by atomic mass is 9.47. The summed E-state index contributed by atoms with van der Waals surface area (Å²) in [5.41, 5.74) is 2.73. The molecule has 0 aromatic heterocycles. The number of carbonyl (C=O) groups excluding carboxylic acids is 1. The summed E-state index contributed by atoms with van der Waals surface area (Å²) in [6, 6.07) is 0. The van der Waals surface area contributed by atoms with Crippen LogP contribution in [0.15, 0.2) is 11.6 Å². The standard InChI is InChI=1S/C30H50O2/c1-21(2)9-7-6-8-10-24-12-14-27-26-13-11-25-19-23(20-32-22(3)31)15-17-30(25,5)28(26)16-18-29(24,27)4/h11,21,23-24,26-28H,6-10,12-20H2,1-5H3/t23-,24-,26-,27?,28?,29+,30-/m0/s1. The van der Waals surface area contributed by atoms with Crippen LogP contribution in [-0.4, -0.2) is 12.6 Å². The minimum atomic E-state index is -0.127. The highest BCUT2D eigenvalue weighted by molar-refractivity contribution is 5.65. The van der Waals surface area contributed by atoms with Crippen molar-refractivity contribution in [3.05, 3.63) is 11.6 Å². The van der Waals surface area contributed by atoms with Crippen LogP contribution in [0.5, 0.6) is 0 Å².